The summed E-state index contributed by atoms with van der Waals surface area (Å²) >= 11 is 6.02. The van der Waals surface area contributed by atoms with E-state index in [0.29, 0.717) is 36.8 Å². The molecule has 1 amide bonds. The monoisotopic (exact) mass is 421 g/mol. The molecule has 2 atom stereocenters. The molecule has 1 fully saturated rings. The quantitative estimate of drug-likeness (QED) is 0.652. The Morgan fingerprint density at radius 1 is 1.41 bits per heavy atom. The maximum Gasteiger partial charge on any atom is 0.354 e. The average Bonchev–Trinajstić information content (AvgIpc) is 3.08. The number of nitrogens with one attached hydrogen (secondary N) is 2. The van der Waals surface area contributed by atoms with E-state index in [2.05, 4.69) is 20.3 Å². The number of aromatic carboxylic acids is 1. The Labute approximate surface area is 173 Å². The number of carbonyl (C=O) groups is 2. The molecule has 1 aliphatic heterocycles. The lowest BCUT2D eigenvalue weighted by atomic mass is 10.0. The zero-order chi connectivity index (χ0) is 21.1. The van der Waals surface area contributed by atoms with E-state index in [0.717, 1.165) is 11.4 Å². The number of imidazole rings is 1. The highest BCUT2D eigenvalue weighted by molar-refractivity contribution is 6.30. The Kier molecular flexibility index (Phi) is 6.39. The normalized spacial score (nSPS) is 19.2. The van der Waals surface area contributed by atoms with Crippen LogP contribution in [0.4, 0.5) is 5.69 Å². The van der Waals surface area contributed by atoms with Crippen molar-refractivity contribution in [1.29, 1.82) is 0 Å². The number of H-pyrrole nitrogens is 1. The summed E-state index contributed by atoms with van der Waals surface area (Å²) in [5.41, 5.74) is 2.13. The number of piperidine rings is 1. The smallest absolute Gasteiger partial charge is 0.354 e. The molecule has 0 spiro atoms. The number of methoxy groups -OCH3 is 1. The number of carboxylic acids is 1. The fourth-order valence-electron chi connectivity index (χ4n) is 3.46. The van der Waals surface area contributed by atoms with Gasteiger partial charge in [0.05, 0.1) is 17.8 Å². The fourth-order valence-corrected chi connectivity index (χ4v) is 3.73. The largest absolute Gasteiger partial charge is 0.477 e. The predicted molar refractivity (Wildman–Crippen MR) is 108 cm³/mol. The molecule has 2 aromatic rings. The van der Waals surface area contributed by atoms with E-state index in [9.17, 15) is 14.7 Å². The number of carbonyl (C=O) groups excluding carboxylic acids is 1. The number of aromatic nitrogens is 3. The van der Waals surface area contributed by atoms with Gasteiger partial charge in [-0.25, -0.2) is 14.8 Å². The Morgan fingerprint density at radius 3 is 2.79 bits per heavy atom. The third kappa shape index (κ3) is 4.68. The van der Waals surface area contributed by atoms with Crippen molar-refractivity contribution in [2.24, 2.45) is 0 Å². The molecular formula is C19H24ClN5O4. The molecule has 0 saturated carbocycles. The molecule has 29 heavy (non-hydrogen) atoms. The molecule has 3 heterocycles. The van der Waals surface area contributed by atoms with Crippen LogP contribution >= 0.6 is 11.6 Å². The first-order chi connectivity index (χ1) is 13.8. The number of pyridine rings is 1. The lowest BCUT2D eigenvalue weighted by Crippen LogP contribution is -2.55. The lowest BCUT2D eigenvalue weighted by molar-refractivity contribution is 0.0538. The van der Waals surface area contributed by atoms with Crippen molar-refractivity contribution in [3.05, 3.63) is 40.2 Å². The standard InChI is InChI=1S/C19H24ClN5O4/c1-4-12-16(20)24-17(22-12)18(26)23-13-5-6-25(9-15(13)29-3)11-7-10(2)21-14(8-11)19(27)28/h7-8,13,15H,4-6,9H2,1-3H3,(H,22,24)(H,23,26)(H,27,28)/t13-,15+/m0/s1. The van der Waals surface area contributed by atoms with Crippen LogP contribution < -0.4 is 10.2 Å². The summed E-state index contributed by atoms with van der Waals surface area (Å²) < 4.78 is 5.61. The topological polar surface area (TPSA) is 120 Å². The van der Waals surface area contributed by atoms with Crippen molar-refractivity contribution in [2.45, 2.75) is 38.8 Å². The number of aromatic amines is 1. The number of anilines is 1. The van der Waals surface area contributed by atoms with Gasteiger partial charge in [-0.15, -0.1) is 0 Å². The number of ether oxygens (including phenoxy) is 1. The number of halogens is 1. The SMILES string of the molecule is CCc1[nH]c(C(=O)N[C@H]2CCN(c3cc(C)nc(C(=O)O)c3)C[C@H]2OC)nc1Cl. The Morgan fingerprint density at radius 2 is 2.17 bits per heavy atom. The molecule has 3 rings (SSSR count). The molecule has 3 N–H and O–H groups in total. The molecule has 0 unspecified atom stereocenters. The minimum atomic E-state index is -1.07. The van der Waals surface area contributed by atoms with Gasteiger partial charge in [-0.3, -0.25) is 4.79 Å². The van der Waals surface area contributed by atoms with Crippen LogP contribution in [0.1, 0.15) is 45.8 Å². The van der Waals surface area contributed by atoms with Crippen molar-refractivity contribution >= 4 is 29.2 Å². The zero-order valence-corrected chi connectivity index (χ0v) is 17.3. The summed E-state index contributed by atoms with van der Waals surface area (Å²) in [5, 5.41) is 12.5. The predicted octanol–water partition coefficient (Wildman–Crippen LogP) is 2.05. The molecule has 9 nitrogen and oxygen atoms in total. The van der Waals surface area contributed by atoms with Crippen molar-refractivity contribution in [2.75, 3.05) is 25.1 Å². The maximum absolute atomic E-state index is 12.6. The maximum atomic E-state index is 12.6. The van der Waals surface area contributed by atoms with Gasteiger partial charge in [-0.05, 0) is 31.9 Å². The summed E-state index contributed by atoms with van der Waals surface area (Å²) in [5.74, 6) is -1.22. The number of rotatable bonds is 6. The molecule has 1 saturated heterocycles. The van der Waals surface area contributed by atoms with Gasteiger partial charge < -0.3 is 25.0 Å². The van der Waals surface area contributed by atoms with E-state index < -0.39 is 5.97 Å². The second-order valence-electron chi connectivity index (χ2n) is 6.95. The van der Waals surface area contributed by atoms with E-state index in [1.165, 1.54) is 0 Å². The van der Waals surface area contributed by atoms with Crippen LogP contribution in [0, 0.1) is 6.92 Å². The van der Waals surface area contributed by atoms with Crippen LogP contribution in [0.5, 0.6) is 0 Å². The Bertz CT molecular complexity index is 916. The summed E-state index contributed by atoms with van der Waals surface area (Å²) in [6.07, 6.45) is 1.01. The number of hydrogen-bond donors (Lipinski definition) is 3. The van der Waals surface area contributed by atoms with Gasteiger partial charge in [0.15, 0.2) is 16.7 Å². The van der Waals surface area contributed by atoms with Crippen LogP contribution in [0.15, 0.2) is 12.1 Å². The summed E-state index contributed by atoms with van der Waals surface area (Å²) in [6, 6.07) is 3.19. The van der Waals surface area contributed by atoms with Crippen LogP contribution in [-0.2, 0) is 11.2 Å². The molecule has 0 bridgehead atoms. The van der Waals surface area contributed by atoms with Crippen LogP contribution in [0.3, 0.4) is 0 Å². The lowest BCUT2D eigenvalue weighted by Gasteiger charge is -2.39. The van der Waals surface area contributed by atoms with Gasteiger partial charge in [-0.1, -0.05) is 18.5 Å². The van der Waals surface area contributed by atoms with Crippen molar-refractivity contribution < 1.29 is 19.4 Å². The van der Waals surface area contributed by atoms with Gasteiger partial charge >= 0.3 is 5.97 Å². The summed E-state index contributed by atoms with van der Waals surface area (Å²) in [6.45, 7) is 4.82. The number of amides is 1. The summed E-state index contributed by atoms with van der Waals surface area (Å²) in [4.78, 5) is 37.0. The van der Waals surface area contributed by atoms with Crippen molar-refractivity contribution in [3.63, 3.8) is 0 Å². The third-order valence-electron chi connectivity index (χ3n) is 5.00. The van der Waals surface area contributed by atoms with Gasteiger partial charge in [-0.2, -0.15) is 0 Å². The molecule has 0 radical (unpaired) electrons. The van der Waals surface area contributed by atoms with E-state index in [1.54, 1.807) is 20.1 Å². The minimum Gasteiger partial charge on any atom is -0.477 e. The second-order valence-corrected chi connectivity index (χ2v) is 7.31. The first-order valence-corrected chi connectivity index (χ1v) is 9.75. The highest BCUT2D eigenvalue weighted by atomic mass is 35.5. The van der Waals surface area contributed by atoms with E-state index in [1.807, 2.05) is 17.9 Å². The Hall–Kier alpha value is -2.65. The van der Waals surface area contributed by atoms with Crippen LogP contribution in [-0.4, -0.2) is 64.3 Å². The van der Waals surface area contributed by atoms with Crippen molar-refractivity contribution in [3.8, 4) is 0 Å². The molecule has 1 aliphatic rings. The molecule has 0 aromatic carbocycles. The number of hydrogen-bond acceptors (Lipinski definition) is 6. The third-order valence-corrected chi connectivity index (χ3v) is 5.31. The fraction of sp³-hybridized carbons (Fsp3) is 0.474. The van der Waals surface area contributed by atoms with Gasteiger partial charge in [0, 0.05) is 31.6 Å². The highest BCUT2D eigenvalue weighted by Crippen LogP contribution is 2.23. The van der Waals surface area contributed by atoms with E-state index >= 15 is 0 Å². The molecular weight excluding hydrogens is 398 g/mol. The number of nitrogens with zero attached hydrogens (tertiary/aromatic N) is 3. The first-order valence-electron chi connectivity index (χ1n) is 9.37. The van der Waals surface area contributed by atoms with E-state index in [-0.39, 0.29) is 29.6 Å². The second kappa shape index (κ2) is 8.79. The Balaban J connectivity index is 1.71. The van der Waals surface area contributed by atoms with Gasteiger partial charge in [0.25, 0.3) is 5.91 Å². The average molecular weight is 422 g/mol. The van der Waals surface area contributed by atoms with Crippen LogP contribution in [0.25, 0.3) is 0 Å². The molecule has 0 aliphatic carbocycles. The summed E-state index contributed by atoms with van der Waals surface area (Å²) in [7, 11) is 1.59. The zero-order valence-electron chi connectivity index (χ0n) is 16.5. The van der Waals surface area contributed by atoms with Gasteiger partial charge in [0.2, 0.25) is 0 Å². The van der Waals surface area contributed by atoms with Crippen LogP contribution in [0.2, 0.25) is 5.15 Å². The molecule has 2 aromatic heterocycles. The van der Waals surface area contributed by atoms with Gasteiger partial charge in [0.1, 0.15) is 0 Å². The highest BCUT2D eigenvalue weighted by Gasteiger charge is 2.32. The molecule has 10 heteroatoms. The number of aryl methyl sites for hydroxylation is 2. The number of carboxylic acid groups (broad SMARTS) is 1. The van der Waals surface area contributed by atoms with E-state index in [4.69, 9.17) is 16.3 Å². The molecule has 156 valence electrons. The minimum absolute atomic E-state index is 0.00539. The van der Waals surface area contributed by atoms with Crippen molar-refractivity contribution in [1.82, 2.24) is 20.3 Å². The first kappa shape index (κ1) is 21.1.